The van der Waals surface area contributed by atoms with Crippen LogP contribution < -0.4 is 0 Å². The fourth-order valence-electron chi connectivity index (χ4n) is 1.72. The van der Waals surface area contributed by atoms with E-state index in [1.807, 2.05) is 12.1 Å². The lowest BCUT2D eigenvalue weighted by molar-refractivity contribution is -0.147. The average Bonchev–Trinajstić information content (AvgIpc) is 2.45. The molecule has 0 unspecified atom stereocenters. The largest absolute Gasteiger partial charge is 0.480 e. The third kappa shape index (κ3) is 3.72. The third-order valence-electron chi connectivity index (χ3n) is 3.45. The summed E-state index contributed by atoms with van der Waals surface area (Å²) in [6.07, 6.45) is 0. The molecule has 0 fully saturated rings. The predicted octanol–water partition coefficient (Wildman–Crippen LogP) is 1.91. The summed E-state index contributed by atoms with van der Waals surface area (Å²) in [6, 6.07) is 8.59. The Morgan fingerprint density at radius 2 is 1.95 bits per heavy atom. The fraction of sp³-hybridized carbons (Fsp3) is 0.400. The van der Waals surface area contributed by atoms with Gasteiger partial charge in [0.1, 0.15) is 5.54 Å². The molecule has 0 heterocycles. The molecule has 1 aromatic carbocycles. The molecule has 6 heteroatoms. The highest BCUT2D eigenvalue weighted by Crippen LogP contribution is 2.16. The van der Waals surface area contributed by atoms with Crippen LogP contribution in [-0.2, 0) is 11.3 Å². The molecule has 0 spiro atoms. The SMILES string of the molecule is CN(Cc1cccc(C#N)c1)C(=O)N(C)C(C)(C)C(=O)O. The number of hydrogen-bond acceptors (Lipinski definition) is 3. The van der Waals surface area contributed by atoms with Crippen LogP contribution in [0.4, 0.5) is 4.79 Å². The van der Waals surface area contributed by atoms with Gasteiger partial charge in [-0.3, -0.25) is 0 Å². The Balaban J connectivity index is 2.84. The molecule has 112 valence electrons. The van der Waals surface area contributed by atoms with Crippen molar-refractivity contribution in [3.63, 3.8) is 0 Å². The molecule has 6 nitrogen and oxygen atoms in total. The smallest absolute Gasteiger partial charge is 0.329 e. The van der Waals surface area contributed by atoms with E-state index in [1.54, 1.807) is 25.2 Å². The van der Waals surface area contributed by atoms with Crippen molar-refractivity contribution in [3.05, 3.63) is 35.4 Å². The Morgan fingerprint density at radius 3 is 2.48 bits per heavy atom. The average molecular weight is 289 g/mol. The molecule has 0 radical (unpaired) electrons. The van der Waals surface area contributed by atoms with Gasteiger partial charge in [-0.25, -0.2) is 9.59 Å². The molecular formula is C15H19N3O3. The Labute approximate surface area is 124 Å². The number of likely N-dealkylation sites (N-methyl/N-ethyl adjacent to an activating group) is 1. The highest BCUT2D eigenvalue weighted by Gasteiger charge is 2.36. The molecule has 2 amide bonds. The van der Waals surface area contributed by atoms with Crippen LogP contribution in [0.3, 0.4) is 0 Å². The van der Waals surface area contributed by atoms with Crippen LogP contribution in [0.1, 0.15) is 25.0 Å². The number of rotatable bonds is 4. The van der Waals surface area contributed by atoms with E-state index >= 15 is 0 Å². The van der Waals surface area contributed by atoms with Crippen molar-refractivity contribution in [1.82, 2.24) is 9.80 Å². The minimum Gasteiger partial charge on any atom is -0.480 e. The van der Waals surface area contributed by atoms with E-state index < -0.39 is 17.5 Å². The van der Waals surface area contributed by atoms with Crippen LogP contribution in [0, 0.1) is 11.3 Å². The first-order chi connectivity index (χ1) is 9.70. The number of urea groups is 1. The van der Waals surface area contributed by atoms with E-state index in [9.17, 15) is 9.59 Å². The number of carboxylic acids is 1. The number of nitriles is 1. The number of aliphatic carboxylic acids is 1. The molecule has 1 aromatic rings. The molecule has 1 N–H and O–H groups in total. The number of nitrogens with zero attached hydrogens (tertiary/aromatic N) is 3. The van der Waals surface area contributed by atoms with Crippen molar-refractivity contribution in [2.45, 2.75) is 25.9 Å². The van der Waals surface area contributed by atoms with E-state index in [0.29, 0.717) is 12.1 Å². The zero-order valence-corrected chi connectivity index (χ0v) is 12.6. The van der Waals surface area contributed by atoms with E-state index in [-0.39, 0.29) is 0 Å². The first-order valence-electron chi connectivity index (χ1n) is 6.41. The molecular weight excluding hydrogens is 270 g/mol. The summed E-state index contributed by atoms with van der Waals surface area (Å²) in [5, 5.41) is 18.0. The first kappa shape index (κ1) is 16.5. The van der Waals surface area contributed by atoms with Crippen molar-refractivity contribution >= 4 is 12.0 Å². The molecule has 1 rings (SSSR count). The Hall–Kier alpha value is -2.55. The van der Waals surface area contributed by atoms with Gasteiger partial charge in [0.05, 0.1) is 11.6 Å². The second kappa shape index (κ2) is 6.27. The van der Waals surface area contributed by atoms with E-state index in [2.05, 4.69) is 0 Å². The lowest BCUT2D eigenvalue weighted by Gasteiger charge is -2.34. The standard InChI is InChI=1S/C15H19N3O3/c1-15(2,13(19)20)18(4)14(21)17(3)10-12-7-5-6-11(8-12)9-16/h5-8H,10H2,1-4H3,(H,19,20). The molecule has 0 aliphatic heterocycles. The van der Waals surface area contributed by atoms with Crippen molar-refractivity contribution in [2.24, 2.45) is 0 Å². The summed E-state index contributed by atoms with van der Waals surface area (Å²) >= 11 is 0. The van der Waals surface area contributed by atoms with E-state index in [0.717, 1.165) is 5.56 Å². The van der Waals surface area contributed by atoms with E-state index in [1.165, 1.54) is 30.7 Å². The number of hydrogen-bond donors (Lipinski definition) is 1. The maximum absolute atomic E-state index is 12.3. The highest BCUT2D eigenvalue weighted by molar-refractivity contribution is 5.85. The number of benzene rings is 1. The molecule has 0 saturated carbocycles. The summed E-state index contributed by atoms with van der Waals surface area (Å²) in [5.74, 6) is -1.07. The van der Waals surface area contributed by atoms with Crippen molar-refractivity contribution in [3.8, 4) is 6.07 Å². The molecule has 0 aliphatic carbocycles. The molecule has 0 atom stereocenters. The molecule has 0 aromatic heterocycles. The van der Waals surface area contributed by atoms with Gasteiger partial charge >= 0.3 is 12.0 Å². The molecule has 21 heavy (non-hydrogen) atoms. The number of carbonyl (C=O) groups is 2. The monoisotopic (exact) mass is 289 g/mol. The number of carboxylic acid groups (broad SMARTS) is 1. The van der Waals surface area contributed by atoms with Crippen LogP contribution in [0.15, 0.2) is 24.3 Å². The van der Waals surface area contributed by atoms with Gasteiger partial charge in [0.15, 0.2) is 0 Å². The molecule has 0 saturated heterocycles. The van der Waals surface area contributed by atoms with E-state index in [4.69, 9.17) is 10.4 Å². The van der Waals surface area contributed by atoms with Gasteiger partial charge in [-0.2, -0.15) is 5.26 Å². The van der Waals surface area contributed by atoms with Crippen LogP contribution in [0.2, 0.25) is 0 Å². The Kier molecular flexibility index (Phi) is 4.93. The molecule has 0 bridgehead atoms. The van der Waals surface area contributed by atoms with Gasteiger partial charge < -0.3 is 14.9 Å². The van der Waals surface area contributed by atoms with Gasteiger partial charge in [0.2, 0.25) is 0 Å². The quantitative estimate of drug-likeness (QED) is 0.917. The van der Waals surface area contributed by atoms with Crippen molar-refractivity contribution in [2.75, 3.05) is 14.1 Å². The van der Waals surface area contributed by atoms with Crippen LogP contribution in [0.5, 0.6) is 0 Å². The second-order valence-electron chi connectivity index (χ2n) is 5.37. The fourth-order valence-corrected chi connectivity index (χ4v) is 1.72. The summed E-state index contributed by atoms with van der Waals surface area (Å²) in [4.78, 5) is 26.1. The number of amides is 2. The van der Waals surface area contributed by atoms with Crippen molar-refractivity contribution in [1.29, 1.82) is 5.26 Å². The third-order valence-corrected chi connectivity index (χ3v) is 3.45. The zero-order valence-electron chi connectivity index (χ0n) is 12.6. The minimum atomic E-state index is -1.29. The number of carbonyl (C=O) groups excluding carboxylic acids is 1. The highest BCUT2D eigenvalue weighted by atomic mass is 16.4. The van der Waals surface area contributed by atoms with Crippen molar-refractivity contribution < 1.29 is 14.7 Å². The first-order valence-corrected chi connectivity index (χ1v) is 6.41. The van der Waals surface area contributed by atoms with Gasteiger partial charge in [-0.1, -0.05) is 12.1 Å². The maximum atomic E-state index is 12.3. The van der Waals surface area contributed by atoms with Gasteiger partial charge in [0.25, 0.3) is 0 Å². The Bertz CT molecular complexity index is 590. The summed E-state index contributed by atoms with van der Waals surface area (Å²) in [5.41, 5.74) is 0.0406. The predicted molar refractivity (Wildman–Crippen MR) is 77.5 cm³/mol. The topological polar surface area (TPSA) is 84.6 Å². The van der Waals surface area contributed by atoms with Crippen LogP contribution in [-0.4, -0.2) is 46.5 Å². The minimum absolute atomic E-state index is 0.300. The maximum Gasteiger partial charge on any atom is 0.329 e. The van der Waals surface area contributed by atoms with Crippen LogP contribution >= 0.6 is 0 Å². The van der Waals surface area contributed by atoms with Crippen LogP contribution in [0.25, 0.3) is 0 Å². The van der Waals surface area contributed by atoms with Gasteiger partial charge in [-0.05, 0) is 31.5 Å². The normalized spacial score (nSPS) is 10.6. The summed E-state index contributed by atoms with van der Waals surface area (Å²) < 4.78 is 0. The lowest BCUT2D eigenvalue weighted by Crippen LogP contribution is -2.54. The summed E-state index contributed by atoms with van der Waals surface area (Å²) in [6.45, 7) is 3.24. The second-order valence-corrected chi connectivity index (χ2v) is 5.37. The summed E-state index contributed by atoms with van der Waals surface area (Å²) in [7, 11) is 3.05. The lowest BCUT2D eigenvalue weighted by atomic mass is 10.0. The van der Waals surface area contributed by atoms with Gasteiger partial charge in [-0.15, -0.1) is 0 Å². The Morgan fingerprint density at radius 1 is 1.33 bits per heavy atom. The van der Waals surface area contributed by atoms with Gasteiger partial charge in [0, 0.05) is 20.6 Å². The zero-order chi connectivity index (χ0) is 16.2. The molecule has 0 aliphatic rings.